The van der Waals surface area contributed by atoms with Gasteiger partial charge in [-0.15, -0.1) is 0 Å². The summed E-state index contributed by atoms with van der Waals surface area (Å²) in [5.41, 5.74) is 6.85. The first-order valence-electron chi connectivity index (χ1n) is 6.44. The van der Waals surface area contributed by atoms with Gasteiger partial charge in [0.2, 0.25) is 0 Å². The number of hydrogen-bond acceptors (Lipinski definition) is 3. The zero-order valence-corrected chi connectivity index (χ0v) is 12.0. The highest BCUT2D eigenvalue weighted by Crippen LogP contribution is 2.17. The van der Waals surface area contributed by atoms with Crippen molar-refractivity contribution in [2.24, 2.45) is 10.7 Å². The minimum atomic E-state index is 0.477. The Morgan fingerprint density at radius 3 is 2.79 bits per heavy atom. The molecule has 0 amide bonds. The van der Waals surface area contributed by atoms with Gasteiger partial charge in [0, 0.05) is 12.1 Å². The number of aliphatic imine (C=N–C) groups is 1. The second-order valence-corrected chi connectivity index (χ2v) is 4.60. The SMILES string of the molecule is COc1ccccc1CN=C(N)NCCCN(C)C. The summed E-state index contributed by atoms with van der Waals surface area (Å²) in [6, 6.07) is 7.82. The Kier molecular flexibility index (Phi) is 6.74. The molecule has 0 saturated carbocycles. The molecule has 0 atom stereocenters. The van der Waals surface area contributed by atoms with Crippen LogP contribution in [0.1, 0.15) is 12.0 Å². The van der Waals surface area contributed by atoms with Crippen LogP contribution in [-0.2, 0) is 6.54 Å². The van der Waals surface area contributed by atoms with Gasteiger partial charge < -0.3 is 20.7 Å². The van der Waals surface area contributed by atoms with E-state index in [4.69, 9.17) is 10.5 Å². The number of benzene rings is 1. The summed E-state index contributed by atoms with van der Waals surface area (Å²) in [5.74, 6) is 1.32. The van der Waals surface area contributed by atoms with Gasteiger partial charge in [-0.2, -0.15) is 0 Å². The summed E-state index contributed by atoms with van der Waals surface area (Å²) in [6.45, 7) is 2.39. The minimum absolute atomic E-state index is 0.477. The fraction of sp³-hybridized carbons (Fsp3) is 0.500. The predicted molar refractivity (Wildman–Crippen MR) is 79.5 cm³/mol. The smallest absolute Gasteiger partial charge is 0.188 e. The van der Waals surface area contributed by atoms with Crippen LogP contribution in [0.2, 0.25) is 0 Å². The highest BCUT2D eigenvalue weighted by molar-refractivity contribution is 5.77. The highest BCUT2D eigenvalue weighted by Gasteiger charge is 2.00. The number of ether oxygens (including phenoxy) is 1. The quantitative estimate of drug-likeness (QED) is 0.439. The Bertz CT molecular complexity index is 404. The van der Waals surface area contributed by atoms with E-state index in [1.807, 2.05) is 24.3 Å². The van der Waals surface area contributed by atoms with Gasteiger partial charge in [-0.3, -0.25) is 0 Å². The highest BCUT2D eigenvalue weighted by atomic mass is 16.5. The minimum Gasteiger partial charge on any atom is -0.496 e. The topological polar surface area (TPSA) is 62.9 Å². The van der Waals surface area contributed by atoms with Crippen molar-refractivity contribution >= 4 is 5.96 Å². The Hall–Kier alpha value is -1.75. The van der Waals surface area contributed by atoms with Gasteiger partial charge in [0.25, 0.3) is 0 Å². The number of nitrogens with zero attached hydrogens (tertiary/aromatic N) is 2. The molecule has 5 heteroatoms. The fourth-order valence-electron chi connectivity index (χ4n) is 1.67. The molecule has 1 aromatic rings. The van der Waals surface area contributed by atoms with Crippen LogP contribution in [0.15, 0.2) is 29.3 Å². The fourth-order valence-corrected chi connectivity index (χ4v) is 1.67. The van der Waals surface area contributed by atoms with Crippen LogP contribution in [0.25, 0.3) is 0 Å². The van der Waals surface area contributed by atoms with E-state index in [1.165, 1.54) is 0 Å². The van der Waals surface area contributed by atoms with E-state index in [0.717, 1.165) is 30.8 Å². The molecule has 0 aliphatic rings. The van der Waals surface area contributed by atoms with Crippen molar-refractivity contribution in [3.05, 3.63) is 29.8 Å². The van der Waals surface area contributed by atoms with Gasteiger partial charge in [0.05, 0.1) is 13.7 Å². The van der Waals surface area contributed by atoms with Crippen molar-refractivity contribution < 1.29 is 4.74 Å². The summed E-state index contributed by atoms with van der Waals surface area (Å²) >= 11 is 0. The third-order valence-corrected chi connectivity index (χ3v) is 2.70. The normalized spacial score (nSPS) is 11.7. The van der Waals surface area contributed by atoms with E-state index in [0.29, 0.717) is 12.5 Å². The molecule has 1 rings (SSSR count). The van der Waals surface area contributed by atoms with E-state index < -0.39 is 0 Å². The Balaban J connectivity index is 2.38. The Morgan fingerprint density at radius 2 is 2.11 bits per heavy atom. The molecule has 0 aliphatic carbocycles. The van der Waals surface area contributed by atoms with Gasteiger partial charge in [0.1, 0.15) is 5.75 Å². The maximum atomic E-state index is 5.81. The number of guanidine groups is 1. The second-order valence-electron chi connectivity index (χ2n) is 4.60. The lowest BCUT2D eigenvalue weighted by molar-refractivity contribution is 0.400. The van der Waals surface area contributed by atoms with Crippen molar-refractivity contribution in [3.63, 3.8) is 0 Å². The van der Waals surface area contributed by atoms with Crippen LogP contribution in [0.4, 0.5) is 0 Å². The molecule has 0 aromatic heterocycles. The van der Waals surface area contributed by atoms with E-state index >= 15 is 0 Å². The molecule has 0 fully saturated rings. The number of nitrogens with one attached hydrogen (secondary N) is 1. The molecule has 0 saturated heterocycles. The molecule has 19 heavy (non-hydrogen) atoms. The van der Waals surface area contributed by atoms with Crippen LogP contribution >= 0.6 is 0 Å². The molecule has 0 unspecified atom stereocenters. The number of nitrogens with two attached hydrogens (primary N) is 1. The molecule has 5 nitrogen and oxygen atoms in total. The van der Waals surface area contributed by atoms with E-state index in [9.17, 15) is 0 Å². The second kappa shape index (κ2) is 8.37. The van der Waals surface area contributed by atoms with Gasteiger partial charge in [-0.1, -0.05) is 18.2 Å². The molecule has 0 spiro atoms. The lowest BCUT2D eigenvalue weighted by Crippen LogP contribution is -2.33. The number of hydrogen-bond donors (Lipinski definition) is 2. The average Bonchev–Trinajstić information content (AvgIpc) is 2.41. The van der Waals surface area contributed by atoms with Crippen molar-refractivity contribution in [2.45, 2.75) is 13.0 Å². The van der Waals surface area contributed by atoms with Gasteiger partial charge in [-0.25, -0.2) is 4.99 Å². The lowest BCUT2D eigenvalue weighted by Gasteiger charge is -2.10. The molecular formula is C14H24N4O. The summed E-state index contributed by atoms with van der Waals surface area (Å²) in [4.78, 5) is 6.45. The molecule has 0 heterocycles. The Morgan fingerprint density at radius 1 is 1.37 bits per heavy atom. The number of methoxy groups -OCH3 is 1. The van der Waals surface area contributed by atoms with Crippen LogP contribution in [0.5, 0.6) is 5.75 Å². The number of rotatable bonds is 7. The predicted octanol–water partition coefficient (Wildman–Crippen LogP) is 1.05. The van der Waals surface area contributed by atoms with Crippen molar-refractivity contribution in [1.82, 2.24) is 10.2 Å². The summed E-state index contributed by atoms with van der Waals surface area (Å²) < 4.78 is 5.27. The summed E-state index contributed by atoms with van der Waals surface area (Å²) in [7, 11) is 5.77. The zero-order valence-electron chi connectivity index (χ0n) is 12.0. The molecule has 1 aromatic carbocycles. The van der Waals surface area contributed by atoms with Crippen LogP contribution in [0, 0.1) is 0 Å². The van der Waals surface area contributed by atoms with Crippen LogP contribution in [0.3, 0.4) is 0 Å². The van der Waals surface area contributed by atoms with Gasteiger partial charge >= 0.3 is 0 Å². The van der Waals surface area contributed by atoms with E-state index in [1.54, 1.807) is 7.11 Å². The third kappa shape index (κ3) is 6.10. The van der Waals surface area contributed by atoms with Crippen molar-refractivity contribution in [2.75, 3.05) is 34.3 Å². The molecular weight excluding hydrogens is 240 g/mol. The third-order valence-electron chi connectivity index (χ3n) is 2.70. The largest absolute Gasteiger partial charge is 0.496 e. The molecule has 0 bridgehead atoms. The first kappa shape index (κ1) is 15.3. The number of para-hydroxylation sites is 1. The lowest BCUT2D eigenvalue weighted by atomic mass is 10.2. The standard InChI is InChI=1S/C14H24N4O/c1-18(2)10-6-9-16-14(15)17-11-12-7-4-5-8-13(12)19-3/h4-5,7-8H,6,9-11H2,1-3H3,(H3,15,16,17). The van der Waals surface area contributed by atoms with Crippen molar-refractivity contribution in [1.29, 1.82) is 0 Å². The Labute approximate surface area is 115 Å². The first-order valence-corrected chi connectivity index (χ1v) is 6.44. The molecule has 0 radical (unpaired) electrons. The first-order chi connectivity index (χ1) is 9.13. The van der Waals surface area contributed by atoms with Crippen LogP contribution in [-0.4, -0.2) is 45.2 Å². The molecule has 3 N–H and O–H groups in total. The van der Waals surface area contributed by atoms with Crippen molar-refractivity contribution in [3.8, 4) is 5.75 Å². The maximum Gasteiger partial charge on any atom is 0.188 e. The summed E-state index contributed by atoms with van der Waals surface area (Å²) in [6.07, 6.45) is 1.04. The van der Waals surface area contributed by atoms with Crippen LogP contribution < -0.4 is 15.8 Å². The molecule has 106 valence electrons. The molecule has 0 aliphatic heterocycles. The zero-order chi connectivity index (χ0) is 14.1. The van der Waals surface area contributed by atoms with Gasteiger partial charge in [-0.05, 0) is 33.1 Å². The van der Waals surface area contributed by atoms with E-state index in [-0.39, 0.29) is 0 Å². The van der Waals surface area contributed by atoms with E-state index in [2.05, 4.69) is 29.3 Å². The maximum absolute atomic E-state index is 5.81. The van der Waals surface area contributed by atoms with Gasteiger partial charge in [0.15, 0.2) is 5.96 Å². The summed E-state index contributed by atoms with van der Waals surface area (Å²) in [5, 5.41) is 3.11. The average molecular weight is 264 g/mol. The monoisotopic (exact) mass is 264 g/mol.